The summed E-state index contributed by atoms with van der Waals surface area (Å²) in [5.74, 6) is -0.632. The van der Waals surface area contributed by atoms with Crippen molar-refractivity contribution in [3.05, 3.63) is 32.9 Å². The summed E-state index contributed by atoms with van der Waals surface area (Å²) in [6.45, 7) is 1.89. The van der Waals surface area contributed by atoms with Crippen LogP contribution in [0.25, 0.3) is 0 Å². The van der Waals surface area contributed by atoms with E-state index < -0.39 is 5.97 Å². The van der Waals surface area contributed by atoms with Crippen LogP contribution in [-0.2, 0) is 0 Å². The first kappa shape index (κ1) is 19.2. The second kappa shape index (κ2) is 9.23. The molecular weight excluding hydrogens is 388 g/mol. The molecule has 0 bridgehead atoms. The van der Waals surface area contributed by atoms with E-state index in [1.807, 2.05) is 35.8 Å². The van der Waals surface area contributed by atoms with Crippen LogP contribution in [0, 0.1) is 3.57 Å². The summed E-state index contributed by atoms with van der Waals surface area (Å²) in [6.07, 6.45) is 1.96. The summed E-state index contributed by atoms with van der Waals surface area (Å²) in [7, 11) is 0. The van der Waals surface area contributed by atoms with E-state index in [1.54, 1.807) is 23.9 Å². The fourth-order valence-electron chi connectivity index (χ4n) is 1.52. The molecule has 1 amide bonds. The Hall–Kier alpha value is 0.240. The monoisotopic (exact) mass is 403 g/mol. The zero-order valence-electron chi connectivity index (χ0n) is 12.1. The smallest absolute Gasteiger partial charge is 1.00 e. The number of thioether (sulfide) groups is 1. The zero-order valence-corrected chi connectivity index (χ0v) is 16.0. The molecule has 4 nitrogen and oxygen atoms in total. The number of hydrogen-bond acceptors (Lipinski definition) is 3. The van der Waals surface area contributed by atoms with E-state index in [4.69, 9.17) is 5.11 Å². The molecule has 0 fully saturated rings. The van der Waals surface area contributed by atoms with E-state index >= 15 is 0 Å². The van der Waals surface area contributed by atoms with Gasteiger partial charge < -0.3 is 11.8 Å². The van der Waals surface area contributed by atoms with Crippen LogP contribution in [0.4, 0.5) is 0 Å². The Labute approximate surface area is 154 Å². The van der Waals surface area contributed by atoms with E-state index in [0.717, 1.165) is 5.75 Å². The van der Waals surface area contributed by atoms with Crippen molar-refractivity contribution in [2.24, 2.45) is 0 Å². The van der Waals surface area contributed by atoms with Crippen LogP contribution < -0.4 is 34.9 Å². The second-order valence-corrected chi connectivity index (χ2v) is 5.87. The zero-order chi connectivity index (χ0) is 13.7. The molecule has 2 N–H and O–H groups in total. The van der Waals surface area contributed by atoms with Crippen molar-refractivity contribution in [2.45, 2.75) is 13.0 Å². The number of hydrogen-bond donors (Lipinski definition) is 2. The fourth-order valence-corrected chi connectivity index (χ4v) is 2.85. The minimum Gasteiger partial charge on any atom is -1.00 e. The summed E-state index contributed by atoms with van der Waals surface area (Å²) in [5.41, 5.74) is 0.273. The first-order valence-electron chi connectivity index (χ1n) is 5.29. The maximum absolute atomic E-state index is 12.1. The van der Waals surface area contributed by atoms with Crippen molar-refractivity contribution in [2.75, 3.05) is 12.0 Å². The average Bonchev–Trinajstić information content (AvgIpc) is 2.28. The van der Waals surface area contributed by atoms with Crippen molar-refractivity contribution < 1.29 is 45.7 Å². The fraction of sp³-hybridized carbons (Fsp3) is 0.333. The predicted octanol–water partition coefficient (Wildman–Crippen LogP) is -0.413. The summed E-state index contributed by atoms with van der Waals surface area (Å²) in [6, 6.07) is 4.80. The van der Waals surface area contributed by atoms with Gasteiger partial charge in [-0.1, -0.05) is 6.07 Å². The SMILES string of the molecule is CSC[C@H](C)NC(=O)c1c(I)cccc1C(=O)O.[H-].[Na+]. The van der Waals surface area contributed by atoms with Crippen molar-refractivity contribution in [3.8, 4) is 0 Å². The van der Waals surface area contributed by atoms with Gasteiger partial charge in [-0.15, -0.1) is 0 Å². The number of carbonyl (C=O) groups is 2. The van der Waals surface area contributed by atoms with E-state index in [2.05, 4.69) is 5.32 Å². The molecule has 1 rings (SSSR count). The van der Waals surface area contributed by atoms with Crippen LogP contribution in [0.5, 0.6) is 0 Å². The van der Waals surface area contributed by atoms with E-state index in [9.17, 15) is 9.59 Å². The number of carbonyl (C=O) groups excluding carboxylic acids is 1. The molecule has 1 aromatic carbocycles. The Balaban J connectivity index is 0. The molecule has 0 aliphatic rings. The number of amides is 1. The molecular formula is C12H15INNaO3S. The van der Waals surface area contributed by atoms with Gasteiger partial charge in [-0.2, -0.15) is 11.8 Å². The maximum atomic E-state index is 12.1. The van der Waals surface area contributed by atoms with Gasteiger partial charge in [0.2, 0.25) is 0 Å². The van der Waals surface area contributed by atoms with Gasteiger partial charge in [0.1, 0.15) is 0 Å². The third kappa shape index (κ3) is 5.63. The molecule has 0 heterocycles. The second-order valence-electron chi connectivity index (χ2n) is 3.80. The molecule has 0 unspecified atom stereocenters. The molecule has 100 valence electrons. The number of rotatable bonds is 5. The van der Waals surface area contributed by atoms with Gasteiger partial charge in [0, 0.05) is 15.4 Å². The quantitative estimate of drug-likeness (QED) is 0.518. The van der Waals surface area contributed by atoms with Gasteiger partial charge in [0.05, 0.1) is 11.1 Å². The van der Waals surface area contributed by atoms with Crippen molar-refractivity contribution in [3.63, 3.8) is 0 Å². The van der Waals surface area contributed by atoms with Gasteiger partial charge in [0.15, 0.2) is 0 Å². The maximum Gasteiger partial charge on any atom is 1.00 e. The minimum atomic E-state index is -1.09. The van der Waals surface area contributed by atoms with Crippen LogP contribution in [0.1, 0.15) is 29.1 Å². The van der Waals surface area contributed by atoms with Crippen molar-refractivity contribution >= 4 is 46.2 Å². The summed E-state index contributed by atoms with van der Waals surface area (Å²) in [5, 5.41) is 11.9. The predicted molar refractivity (Wildman–Crippen MR) is 82.5 cm³/mol. The van der Waals surface area contributed by atoms with Crippen LogP contribution in [-0.4, -0.2) is 35.0 Å². The van der Waals surface area contributed by atoms with E-state index in [1.165, 1.54) is 6.07 Å². The third-order valence-electron chi connectivity index (χ3n) is 2.27. The van der Waals surface area contributed by atoms with Crippen LogP contribution in [0.3, 0.4) is 0 Å². The van der Waals surface area contributed by atoms with Gasteiger partial charge in [-0.05, 0) is 47.9 Å². The van der Waals surface area contributed by atoms with Gasteiger partial charge >= 0.3 is 35.5 Å². The van der Waals surface area contributed by atoms with Crippen LogP contribution >= 0.6 is 34.4 Å². The Morgan fingerprint density at radius 2 is 2.16 bits per heavy atom. The number of carboxylic acids is 1. The number of benzene rings is 1. The topological polar surface area (TPSA) is 66.4 Å². The number of halogens is 1. The molecule has 0 radical (unpaired) electrons. The standard InChI is InChI=1S/C12H14INO3S.Na.H/c1-7(6-18-2)14-11(15)10-8(12(16)17)4-3-5-9(10)13;;/h3-5,7H,6H2,1-2H3,(H,14,15)(H,16,17);;/q;+1;-1/t7-;;/m0../s1. The van der Waals surface area contributed by atoms with E-state index in [-0.39, 0.29) is 54.1 Å². The molecule has 0 aliphatic heterocycles. The van der Waals surface area contributed by atoms with Crippen LogP contribution in [0.15, 0.2) is 18.2 Å². The number of carboxylic acid groups (broad SMARTS) is 1. The van der Waals surface area contributed by atoms with Gasteiger partial charge in [0.25, 0.3) is 5.91 Å². The first-order chi connectivity index (χ1) is 8.47. The van der Waals surface area contributed by atoms with Crippen LogP contribution in [0.2, 0.25) is 0 Å². The number of nitrogens with one attached hydrogen (secondary N) is 1. The summed E-state index contributed by atoms with van der Waals surface area (Å²) < 4.78 is 0.640. The molecule has 19 heavy (non-hydrogen) atoms. The molecule has 0 aliphatic carbocycles. The molecule has 0 saturated carbocycles. The summed E-state index contributed by atoms with van der Waals surface area (Å²) >= 11 is 3.60. The first-order valence-corrected chi connectivity index (χ1v) is 7.76. The Morgan fingerprint density at radius 3 is 2.68 bits per heavy atom. The average molecular weight is 403 g/mol. The Bertz CT molecular complexity index is 476. The molecule has 1 aromatic rings. The largest absolute Gasteiger partial charge is 1.00 e. The number of aromatic carboxylic acids is 1. The molecule has 0 saturated heterocycles. The van der Waals surface area contributed by atoms with Gasteiger partial charge in [-0.3, -0.25) is 4.79 Å². The minimum absolute atomic E-state index is 0. The molecule has 7 heteroatoms. The van der Waals surface area contributed by atoms with Crippen molar-refractivity contribution in [1.82, 2.24) is 5.32 Å². The van der Waals surface area contributed by atoms with Crippen molar-refractivity contribution in [1.29, 1.82) is 0 Å². The normalized spacial score (nSPS) is 11.3. The Kier molecular flexibility index (Phi) is 9.34. The third-order valence-corrected chi connectivity index (χ3v) is 4.00. The molecule has 0 aromatic heterocycles. The summed E-state index contributed by atoms with van der Waals surface area (Å²) in [4.78, 5) is 23.2. The molecule has 0 spiro atoms. The van der Waals surface area contributed by atoms with E-state index in [0.29, 0.717) is 3.57 Å². The Morgan fingerprint density at radius 1 is 1.53 bits per heavy atom. The molecule has 1 atom stereocenters. The van der Waals surface area contributed by atoms with Gasteiger partial charge in [-0.25, -0.2) is 4.79 Å².